The summed E-state index contributed by atoms with van der Waals surface area (Å²) in [5.74, 6) is 0.145. The van der Waals surface area contributed by atoms with Crippen molar-refractivity contribution < 1.29 is 9.53 Å². The van der Waals surface area contributed by atoms with Gasteiger partial charge in [-0.05, 0) is 5.56 Å². The van der Waals surface area contributed by atoms with E-state index in [9.17, 15) is 4.79 Å². The van der Waals surface area contributed by atoms with E-state index in [-0.39, 0.29) is 12.0 Å². The van der Waals surface area contributed by atoms with E-state index in [1.165, 1.54) is 5.56 Å². The molecule has 1 aliphatic heterocycles. The van der Waals surface area contributed by atoms with Gasteiger partial charge in [-0.15, -0.1) is 6.58 Å². The molecule has 1 aromatic rings. The Labute approximate surface area is 108 Å². The van der Waals surface area contributed by atoms with Crippen LogP contribution in [0, 0.1) is 0 Å². The van der Waals surface area contributed by atoms with Gasteiger partial charge < -0.3 is 9.64 Å². The summed E-state index contributed by atoms with van der Waals surface area (Å²) in [5.41, 5.74) is 1.25. The zero-order valence-electron chi connectivity index (χ0n) is 10.5. The number of benzene rings is 1. The number of rotatable bonds is 4. The van der Waals surface area contributed by atoms with Crippen LogP contribution in [0.2, 0.25) is 0 Å². The highest BCUT2D eigenvalue weighted by atomic mass is 16.5. The normalized spacial score (nSPS) is 19.6. The van der Waals surface area contributed by atoms with Crippen molar-refractivity contribution in [3.63, 3.8) is 0 Å². The molecule has 0 saturated carbocycles. The first-order valence-corrected chi connectivity index (χ1v) is 6.34. The lowest BCUT2D eigenvalue weighted by molar-refractivity contribution is -0.137. The second kappa shape index (κ2) is 6.36. The summed E-state index contributed by atoms with van der Waals surface area (Å²) in [4.78, 5) is 13.7. The topological polar surface area (TPSA) is 29.5 Å². The summed E-state index contributed by atoms with van der Waals surface area (Å²) in [6.45, 7) is 5.60. The van der Waals surface area contributed by atoms with Crippen molar-refractivity contribution in [2.24, 2.45) is 0 Å². The Kier molecular flexibility index (Phi) is 4.53. The van der Waals surface area contributed by atoms with Crippen molar-refractivity contribution in [1.82, 2.24) is 4.90 Å². The van der Waals surface area contributed by atoms with Gasteiger partial charge in [0.25, 0.3) is 0 Å². The molecule has 1 aliphatic rings. The maximum absolute atomic E-state index is 11.8. The van der Waals surface area contributed by atoms with Gasteiger partial charge in [0, 0.05) is 25.9 Å². The third-order valence-electron chi connectivity index (χ3n) is 3.12. The number of nitrogens with zero attached hydrogens (tertiary/aromatic N) is 1. The van der Waals surface area contributed by atoms with Crippen LogP contribution in [-0.2, 0) is 16.0 Å². The minimum Gasteiger partial charge on any atom is -0.374 e. The van der Waals surface area contributed by atoms with Crippen molar-refractivity contribution in [1.29, 1.82) is 0 Å². The molecule has 1 fully saturated rings. The third-order valence-corrected chi connectivity index (χ3v) is 3.12. The highest BCUT2D eigenvalue weighted by Crippen LogP contribution is 2.12. The fourth-order valence-corrected chi connectivity index (χ4v) is 2.20. The molecule has 3 heteroatoms. The van der Waals surface area contributed by atoms with Gasteiger partial charge in [-0.2, -0.15) is 0 Å². The van der Waals surface area contributed by atoms with Crippen molar-refractivity contribution in [2.75, 3.05) is 19.7 Å². The predicted octanol–water partition coefficient (Wildman–Crippen LogP) is 2.03. The van der Waals surface area contributed by atoms with Crippen LogP contribution >= 0.6 is 0 Å². The van der Waals surface area contributed by atoms with E-state index in [0.717, 1.165) is 6.42 Å². The molecule has 0 spiro atoms. The van der Waals surface area contributed by atoms with Crippen LogP contribution in [-0.4, -0.2) is 36.6 Å². The lowest BCUT2D eigenvalue weighted by atomic mass is 10.1. The number of amides is 1. The average Bonchev–Trinajstić information content (AvgIpc) is 2.40. The molecular formula is C15H19NO2. The quantitative estimate of drug-likeness (QED) is 0.760. The highest BCUT2D eigenvalue weighted by Gasteiger charge is 2.23. The van der Waals surface area contributed by atoms with Crippen molar-refractivity contribution in [3.05, 3.63) is 48.6 Å². The molecule has 0 aliphatic carbocycles. The zero-order chi connectivity index (χ0) is 12.8. The zero-order valence-corrected chi connectivity index (χ0v) is 10.5. The Balaban J connectivity index is 1.90. The monoisotopic (exact) mass is 245 g/mol. The molecule has 1 saturated heterocycles. The van der Waals surface area contributed by atoms with Crippen molar-refractivity contribution in [2.45, 2.75) is 18.9 Å². The maximum atomic E-state index is 11.8. The van der Waals surface area contributed by atoms with E-state index in [2.05, 4.69) is 18.7 Å². The first-order valence-electron chi connectivity index (χ1n) is 6.34. The summed E-state index contributed by atoms with van der Waals surface area (Å²) in [7, 11) is 0. The van der Waals surface area contributed by atoms with Gasteiger partial charge in [-0.25, -0.2) is 0 Å². The summed E-state index contributed by atoms with van der Waals surface area (Å²) < 4.78 is 5.72. The molecule has 0 bridgehead atoms. The van der Waals surface area contributed by atoms with Gasteiger partial charge in [0.05, 0.1) is 12.7 Å². The molecule has 1 amide bonds. The minimum absolute atomic E-state index is 0.106. The van der Waals surface area contributed by atoms with Gasteiger partial charge in [-0.1, -0.05) is 36.4 Å². The largest absolute Gasteiger partial charge is 0.374 e. The predicted molar refractivity (Wildman–Crippen MR) is 71.3 cm³/mol. The highest BCUT2D eigenvalue weighted by molar-refractivity contribution is 5.77. The third kappa shape index (κ3) is 3.44. The molecule has 0 aromatic heterocycles. The Morgan fingerprint density at radius 1 is 1.44 bits per heavy atom. The van der Waals surface area contributed by atoms with Crippen LogP contribution < -0.4 is 0 Å². The number of carbonyl (C=O) groups is 1. The van der Waals surface area contributed by atoms with E-state index in [1.54, 1.807) is 6.08 Å². The molecule has 2 rings (SSSR count). The van der Waals surface area contributed by atoms with Gasteiger partial charge in [0.1, 0.15) is 0 Å². The van der Waals surface area contributed by atoms with Gasteiger partial charge in [0.15, 0.2) is 0 Å². The lowest BCUT2D eigenvalue weighted by Crippen LogP contribution is -2.46. The minimum atomic E-state index is 0.106. The van der Waals surface area contributed by atoms with Gasteiger partial charge >= 0.3 is 0 Å². The van der Waals surface area contributed by atoms with E-state index >= 15 is 0 Å². The second-order valence-corrected chi connectivity index (χ2v) is 4.52. The first-order chi connectivity index (χ1) is 8.79. The molecule has 0 radical (unpaired) electrons. The van der Waals surface area contributed by atoms with Gasteiger partial charge in [-0.3, -0.25) is 4.79 Å². The Hall–Kier alpha value is -1.61. The average molecular weight is 245 g/mol. The molecule has 3 nitrogen and oxygen atoms in total. The summed E-state index contributed by atoms with van der Waals surface area (Å²) in [6, 6.07) is 10.2. The molecule has 96 valence electrons. The van der Waals surface area contributed by atoms with Gasteiger partial charge in [0.2, 0.25) is 5.91 Å². The molecular weight excluding hydrogens is 226 g/mol. The molecule has 0 N–H and O–H groups in total. The van der Waals surface area contributed by atoms with E-state index in [4.69, 9.17) is 4.74 Å². The summed E-state index contributed by atoms with van der Waals surface area (Å²) >= 11 is 0. The second-order valence-electron chi connectivity index (χ2n) is 4.52. The molecule has 1 atom stereocenters. The number of hydrogen-bond donors (Lipinski definition) is 0. The Bertz CT molecular complexity index is 402. The number of ether oxygens (including phenoxy) is 1. The molecule has 0 unspecified atom stereocenters. The smallest absolute Gasteiger partial charge is 0.226 e. The van der Waals surface area contributed by atoms with E-state index in [0.29, 0.717) is 26.1 Å². The molecule has 1 heterocycles. The number of hydrogen-bond acceptors (Lipinski definition) is 2. The fourth-order valence-electron chi connectivity index (χ4n) is 2.20. The summed E-state index contributed by atoms with van der Waals surface area (Å²) in [6.07, 6.45) is 3.04. The Morgan fingerprint density at radius 3 is 2.94 bits per heavy atom. The maximum Gasteiger partial charge on any atom is 0.226 e. The van der Waals surface area contributed by atoms with Crippen LogP contribution in [0.1, 0.15) is 12.0 Å². The SMILES string of the molecule is C=CCC(=O)N1CCO[C@@H](Cc2ccccc2)C1. The van der Waals surface area contributed by atoms with Crippen molar-refractivity contribution >= 4 is 5.91 Å². The molecule has 1 aromatic carbocycles. The first kappa shape index (κ1) is 12.8. The molecule has 18 heavy (non-hydrogen) atoms. The van der Waals surface area contributed by atoms with E-state index in [1.807, 2.05) is 23.1 Å². The number of carbonyl (C=O) groups excluding carboxylic acids is 1. The van der Waals surface area contributed by atoms with Crippen molar-refractivity contribution in [3.8, 4) is 0 Å². The Morgan fingerprint density at radius 2 is 2.22 bits per heavy atom. The number of morpholine rings is 1. The fraction of sp³-hybridized carbons (Fsp3) is 0.400. The van der Waals surface area contributed by atoms with Crippen LogP contribution in [0.15, 0.2) is 43.0 Å². The van der Waals surface area contributed by atoms with Crippen LogP contribution in [0.25, 0.3) is 0 Å². The standard InChI is InChI=1S/C15H19NO2/c1-2-6-15(17)16-9-10-18-14(12-16)11-13-7-4-3-5-8-13/h2-5,7-8,14H,1,6,9-12H2/t14-/m0/s1. The van der Waals surface area contributed by atoms with E-state index < -0.39 is 0 Å². The summed E-state index contributed by atoms with van der Waals surface area (Å²) in [5, 5.41) is 0. The van der Waals surface area contributed by atoms with Crippen LogP contribution in [0.4, 0.5) is 0 Å². The lowest BCUT2D eigenvalue weighted by Gasteiger charge is -2.33. The van der Waals surface area contributed by atoms with Crippen LogP contribution in [0.3, 0.4) is 0 Å². The van der Waals surface area contributed by atoms with Crippen LogP contribution in [0.5, 0.6) is 0 Å².